The first-order valence-electron chi connectivity index (χ1n) is 9.27. The molecule has 5 nitrogen and oxygen atoms in total. The highest BCUT2D eigenvalue weighted by Crippen LogP contribution is 2.29. The van der Waals surface area contributed by atoms with Crippen LogP contribution in [0.1, 0.15) is 44.1 Å². The molecule has 2 N–H and O–H groups in total. The summed E-state index contributed by atoms with van der Waals surface area (Å²) in [6.07, 6.45) is 2.07. The van der Waals surface area contributed by atoms with Crippen molar-refractivity contribution in [3.63, 3.8) is 0 Å². The van der Waals surface area contributed by atoms with Crippen molar-refractivity contribution >= 4 is 28.8 Å². The van der Waals surface area contributed by atoms with Gasteiger partial charge in [-0.05, 0) is 44.4 Å². The van der Waals surface area contributed by atoms with E-state index in [1.165, 1.54) is 11.3 Å². The first-order valence-corrected chi connectivity index (χ1v) is 10.1. The van der Waals surface area contributed by atoms with Crippen LogP contribution in [0.15, 0.2) is 48.5 Å². The van der Waals surface area contributed by atoms with Crippen molar-refractivity contribution in [2.24, 2.45) is 0 Å². The van der Waals surface area contributed by atoms with Crippen molar-refractivity contribution in [3.8, 4) is 10.6 Å². The largest absolute Gasteiger partial charge is 0.349 e. The molecule has 0 radical (unpaired) electrons. The number of nitrogens with zero attached hydrogens (tertiary/aromatic N) is 1. The van der Waals surface area contributed by atoms with E-state index in [4.69, 9.17) is 0 Å². The quantitative estimate of drug-likeness (QED) is 0.669. The van der Waals surface area contributed by atoms with Gasteiger partial charge in [-0.15, -0.1) is 11.3 Å². The standard InChI is InChI=1S/C22H21N3O2S/c1-13-8-9-16(20(26)24-17-10-11-17)12-18(13)25-21(27)19-14(2)23-22(28-19)15-6-4-3-5-7-15/h3-9,12,17H,10-11H2,1-2H3,(H,24,26)(H,25,27). The topological polar surface area (TPSA) is 71.1 Å². The Morgan fingerprint density at radius 1 is 1.04 bits per heavy atom. The molecule has 6 heteroatoms. The number of rotatable bonds is 5. The van der Waals surface area contributed by atoms with Crippen LogP contribution >= 0.6 is 11.3 Å². The number of nitrogens with one attached hydrogen (secondary N) is 2. The van der Waals surface area contributed by atoms with Crippen LogP contribution in [0.5, 0.6) is 0 Å². The van der Waals surface area contributed by atoms with Crippen molar-refractivity contribution < 1.29 is 9.59 Å². The Bertz CT molecular complexity index is 1040. The smallest absolute Gasteiger partial charge is 0.267 e. The molecule has 2 amide bonds. The monoisotopic (exact) mass is 391 g/mol. The highest BCUT2D eigenvalue weighted by Gasteiger charge is 2.24. The van der Waals surface area contributed by atoms with E-state index in [0.29, 0.717) is 27.9 Å². The number of hydrogen-bond acceptors (Lipinski definition) is 4. The van der Waals surface area contributed by atoms with Crippen LogP contribution < -0.4 is 10.6 Å². The summed E-state index contributed by atoms with van der Waals surface area (Å²) in [7, 11) is 0. The zero-order valence-electron chi connectivity index (χ0n) is 15.8. The molecule has 0 aliphatic heterocycles. The zero-order valence-corrected chi connectivity index (χ0v) is 16.6. The second kappa shape index (κ2) is 7.56. The summed E-state index contributed by atoms with van der Waals surface area (Å²) in [4.78, 5) is 30.3. The summed E-state index contributed by atoms with van der Waals surface area (Å²) < 4.78 is 0. The molecule has 0 bridgehead atoms. The number of carbonyl (C=O) groups excluding carboxylic acids is 2. The number of thiazole rings is 1. The highest BCUT2D eigenvalue weighted by molar-refractivity contribution is 7.17. The third kappa shape index (κ3) is 3.97. The highest BCUT2D eigenvalue weighted by atomic mass is 32.1. The van der Waals surface area contributed by atoms with Gasteiger partial charge in [-0.2, -0.15) is 0 Å². The SMILES string of the molecule is Cc1ccc(C(=O)NC2CC2)cc1NC(=O)c1sc(-c2ccccc2)nc1C. The third-order valence-electron chi connectivity index (χ3n) is 4.68. The molecular weight excluding hydrogens is 370 g/mol. The maximum absolute atomic E-state index is 12.9. The van der Waals surface area contributed by atoms with Gasteiger partial charge in [-0.25, -0.2) is 4.98 Å². The second-order valence-electron chi connectivity index (χ2n) is 7.03. The molecule has 0 saturated heterocycles. The van der Waals surface area contributed by atoms with E-state index in [9.17, 15) is 9.59 Å². The van der Waals surface area contributed by atoms with E-state index in [1.807, 2.05) is 50.2 Å². The Hall–Kier alpha value is -2.99. The minimum atomic E-state index is -0.208. The fourth-order valence-corrected chi connectivity index (χ4v) is 3.85. The molecule has 0 unspecified atom stereocenters. The molecule has 4 rings (SSSR count). The zero-order chi connectivity index (χ0) is 19.7. The summed E-state index contributed by atoms with van der Waals surface area (Å²) >= 11 is 1.37. The number of hydrogen-bond donors (Lipinski definition) is 2. The van der Waals surface area contributed by atoms with Gasteiger partial charge in [0.1, 0.15) is 9.88 Å². The fraction of sp³-hybridized carbons (Fsp3) is 0.227. The van der Waals surface area contributed by atoms with Crippen molar-refractivity contribution in [1.29, 1.82) is 0 Å². The molecule has 1 aliphatic rings. The van der Waals surface area contributed by atoms with Crippen molar-refractivity contribution in [2.45, 2.75) is 32.7 Å². The third-order valence-corrected chi connectivity index (χ3v) is 5.89. The summed E-state index contributed by atoms with van der Waals surface area (Å²) in [5, 5.41) is 6.74. The Kier molecular flexibility index (Phi) is 4.96. The van der Waals surface area contributed by atoms with E-state index >= 15 is 0 Å². The summed E-state index contributed by atoms with van der Waals surface area (Å²) in [6.45, 7) is 3.75. The molecule has 1 fully saturated rings. The number of amides is 2. The van der Waals surface area contributed by atoms with Crippen LogP contribution in [0.3, 0.4) is 0 Å². The Morgan fingerprint density at radius 3 is 2.50 bits per heavy atom. The van der Waals surface area contributed by atoms with E-state index in [-0.39, 0.29) is 11.8 Å². The molecule has 0 atom stereocenters. The minimum absolute atomic E-state index is 0.0988. The van der Waals surface area contributed by atoms with E-state index < -0.39 is 0 Å². The van der Waals surface area contributed by atoms with E-state index in [0.717, 1.165) is 29.0 Å². The Balaban J connectivity index is 1.55. The maximum atomic E-state index is 12.9. The summed E-state index contributed by atoms with van der Waals surface area (Å²) in [5.74, 6) is -0.307. The summed E-state index contributed by atoms with van der Waals surface area (Å²) in [5.41, 5.74) is 3.79. The fourth-order valence-electron chi connectivity index (χ4n) is 2.88. The van der Waals surface area contributed by atoms with E-state index in [1.54, 1.807) is 12.1 Å². The average molecular weight is 391 g/mol. The molecule has 3 aromatic rings. The first kappa shape index (κ1) is 18.4. The number of aromatic nitrogens is 1. The molecular formula is C22H21N3O2S. The normalized spacial score (nSPS) is 13.2. The van der Waals surface area contributed by atoms with Crippen LogP contribution in [-0.2, 0) is 0 Å². The number of carbonyl (C=O) groups is 2. The van der Waals surface area contributed by atoms with Crippen LogP contribution in [-0.4, -0.2) is 22.8 Å². The lowest BCUT2D eigenvalue weighted by Gasteiger charge is -2.10. The maximum Gasteiger partial charge on any atom is 0.267 e. The molecule has 142 valence electrons. The number of anilines is 1. The minimum Gasteiger partial charge on any atom is -0.349 e. The lowest BCUT2D eigenvalue weighted by Crippen LogP contribution is -2.25. The number of aryl methyl sites for hydroxylation is 2. The molecule has 2 aromatic carbocycles. The van der Waals surface area contributed by atoms with Crippen molar-refractivity contribution in [3.05, 3.63) is 70.2 Å². The van der Waals surface area contributed by atoms with Gasteiger partial charge in [-0.1, -0.05) is 36.4 Å². The molecule has 1 saturated carbocycles. The Labute approximate surface area is 167 Å². The van der Waals surface area contributed by atoms with Crippen LogP contribution in [0.4, 0.5) is 5.69 Å². The molecule has 28 heavy (non-hydrogen) atoms. The molecule has 0 spiro atoms. The van der Waals surface area contributed by atoms with Crippen LogP contribution in [0.25, 0.3) is 10.6 Å². The van der Waals surface area contributed by atoms with Gasteiger partial charge in [0.15, 0.2) is 0 Å². The van der Waals surface area contributed by atoms with Crippen LogP contribution in [0.2, 0.25) is 0 Å². The van der Waals surface area contributed by atoms with Gasteiger partial charge in [0.2, 0.25) is 0 Å². The molecule has 1 heterocycles. The van der Waals surface area contributed by atoms with E-state index in [2.05, 4.69) is 15.6 Å². The molecule has 1 aliphatic carbocycles. The van der Waals surface area contributed by atoms with Crippen molar-refractivity contribution in [2.75, 3.05) is 5.32 Å². The van der Waals surface area contributed by atoms with Gasteiger partial charge in [0.25, 0.3) is 11.8 Å². The summed E-state index contributed by atoms with van der Waals surface area (Å²) in [6, 6.07) is 15.5. The number of benzene rings is 2. The Morgan fingerprint density at radius 2 is 1.79 bits per heavy atom. The van der Waals surface area contributed by atoms with Crippen LogP contribution in [0, 0.1) is 13.8 Å². The lowest BCUT2D eigenvalue weighted by molar-refractivity contribution is 0.0949. The van der Waals surface area contributed by atoms with Gasteiger partial charge in [-0.3, -0.25) is 9.59 Å². The lowest BCUT2D eigenvalue weighted by atomic mass is 10.1. The predicted octanol–water partition coefficient (Wildman–Crippen LogP) is 4.57. The van der Waals surface area contributed by atoms with Crippen molar-refractivity contribution in [1.82, 2.24) is 10.3 Å². The van der Waals surface area contributed by atoms with Gasteiger partial charge < -0.3 is 10.6 Å². The van der Waals surface area contributed by atoms with Gasteiger partial charge >= 0.3 is 0 Å². The predicted molar refractivity (Wildman–Crippen MR) is 112 cm³/mol. The van der Waals surface area contributed by atoms with Gasteiger partial charge in [0, 0.05) is 22.9 Å². The van der Waals surface area contributed by atoms with Gasteiger partial charge in [0.05, 0.1) is 5.69 Å². The average Bonchev–Trinajstić information content (AvgIpc) is 3.42. The molecule has 1 aromatic heterocycles. The first-order chi connectivity index (χ1) is 13.5. The second-order valence-corrected chi connectivity index (χ2v) is 8.03.